The molecule has 0 spiro atoms. The van der Waals surface area contributed by atoms with Crippen molar-refractivity contribution in [3.8, 4) is 11.1 Å². The summed E-state index contributed by atoms with van der Waals surface area (Å²) in [5.41, 5.74) is 0.147. The van der Waals surface area contributed by atoms with Gasteiger partial charge in [-0.25, -0.2) is 8.78 Å². The first-order valence-corrected chi connectivity index (χ1v) is 5.27. The highest BCUT2D eigenvalue weighted by molar-refractivity contribution is 6.31. The molecule has 0 saturated heterocycles. The fourth-order valence-electron chi connectivity index (χ4n) is 1.59. The number of rotatable bonds is 2. The predicted molar refractivity (Wildman–Crippen MR) is 63.5 cm³/mol. The van der Waals surface area contributed by atoms with E-state index in [0.717, 1.165) is 12.1 Å². The van der Waals surface area contributed by atoms with Crippen LogP contribution in [0, 0.1) is 21.7 Å². The number of hydrogen-bond donors (Lipinski definition) is 0. The summed E-state index contributed by atoms with van der Waals surface area (Å²) in [6.07, 6.45) is 0. The molecule has 0 saturated carbocycles. The van der Waals surface area contributed by atoms with Gasteiger partial charge in [-0.05, 0) is 23.8 Å². The summed E-state index contributed by atoms with van der Waals surface area (Å²) in [6, 6.07) is 7.82. The van der Waals surface area contributed by atoms with Crippen molar-refractivity contribution in [1.29, 1.82) is 0 Å². The van der Waals surface area contributed by atoms with Crippen LogP contribution >= 0.6 is 11.6 Å². The third kappa shape index (κ3) is 2.17. The first kappa shape index (κ1) is 12.4. The maximum Gasteiger partial charge on any atom is 0.277 e. The first-order valence-electron chi connectivity index (χ1n) is 4.89. The number of hydrogen-bond acceptors (Lipinski definition) is 2. The van der Waals surface area contributed by atoms with Gasteiger partial charge in [-0.2, -0.15) is 0 Å². The van der Waals surface area contributed by atoms with Crippen LogP contribution in [-0.2, 0) is 0 Å². The van der Waals surface area contributed by atoms with E-state index in [0.29, 0.717) is 0 Å². The van der Waals surface area contributed by atoms with Gasteiger partial charge in [0.05, 0.1) is 15.5 Å². The Morgan fingerprint density at radius 3 is 2.44 bits per heavy atom. The van der Waals surface area contributed by atoms with Gasteiger partial charge in [-0.1, -0.05) is 23.7 Å². The Labute approximate surface area is 106 Å². The summed E-state index contributed by atoms with van der Waals surface area (Å²) in [4.78, 5) is 10.2. The lowest BCUT2D eigenvalue weighted by Gasteiger charge is -2.05. The second-order valence-corrected chi connectivity index (χ2v) is 3.94. The standard InChI is InChI=1S/C12H6ClF2NO2/c13-9-5-7(6-10(14)12(9)15)8-3-1-2-4-11(8)16(17)18/h1-6H. The summed E-state index contributed by atoms with van der Waals surface area (Å²) in [5.74, 6) is -2.31. The predicted octanol–water partition coefficient (Wildman–Crippen LogP) is 4.19. The minimum atomic E-state index is -1.17. The van der Waals surface area contributed by atoms with E-state index >= 15 is 0 Å². The van der Waals surface area contributed by atoms with E-state index in [2.05, 4.69) is 0 Å². The fourth-order valence-corrected chi connectivity index (χ4v) is 1.80. The molecule has 0 aliphatic rings. The van der Waals surface area contributed by atoms with Crippen molar-refractivity contribution in [3.05, 3.63) is 63.2 Å². The van der Waals surface area contributed by atoms with Crippen LogP contribution in [-0.4, -0.2) is 4.92 Å². The van der Waals surface area contributed by atoms with Crippen molar-refractivity contribution in [2.75, 3.05) is 0 Å². The van der Waals surface area contributed by atoms with Gasteiger partial charge in [-0.3, -0.25) is 10.1 Å². The zero-order chi connectivity index (χ0) is 13.3. The molecule has 18 heavy (non-hydrogen) atoms. The molecule has 0 unspecified atom stereocenters. The highest BCUT2D eigenvalue weighted by Gasteiger charge is 2.17. The smallest absolute Gasteiger partial charge is 0.258 e. The highest BCUT2D eigenvalue weighted by Crippen LogP contribution is 2.32. The lowest BCUT2D eigenvalue weighted by atomic mass is 10.0. The van der Waals surface area contributed by atoms with E-state index < -0.39 is 21.6 Å². The first-order chi connectivity index (χ1) is 8.50. The second kappa shape index (κ2) is 4.70. The molecule has 0 aromatic heterocycles. The van der Waals surface area contributed by atoms with Gasteiger partial charge in [0.15, 0.2) is 11.6 Å². The van der Waals surface area contributed by atoms with E-state index in [1.807, 2.05) is 0 Å². The zero-order valence-electron chi connectivity index (χ0n) is 8.86. The zero-order valence-corrected chi connectivity index (χ0v) is 9.62. The van der Waals surface area contributed by atoms with Crippen molar-refractivity contribution in [1.82, 2.24) is 0 Å². The van der Waals surface area contributed by atoms with Gasteiger partial charge in [0.2, 0.25) is 0 Å². The van der Waals surface area contributed by atoms with Crippen molar-refractivity contribution in [3.63, 3.8) is 0 Å². The molecule has 0 aliphatic carbocycles. The molecular weight excluding hydrogens is 264 g/mol. The molecule has 3 nitrogen and oxygen atoms in total. The molecule has 2 aromatic rings. The number of nitrogens with zero attached hydrogens (tertiary/aromatic N) is 1. The van der Waals surface area contributed by atoms with Crippen molar-refractivity contribution in [2.45, 2.75) is 0 Å². The van der Waals surface area contributed by atoms with E-state index in [1.165, 1.54) is 18.2 Å². The van der Waals surface area contributed by atoms with Crippen LogP contribution in [0.15, 0.2) is 36.4 Å². The summed E-state index contributed by atoms with van der Waals surface area (Å²) in [6.45, 7) is 0. The quantitative estimate of drug-likeness (QED) is 0.466. The average molecular weight is 270 g/mol. The molecule has 0 amide bonds. The van der Waals surface area contributed by atoms with Gasteiger partial charge in [0, 0.05) is 6.07 Å². The molecule has 0 bridgehead atoms. The second-order valence-electron chi connectivity index (χ2n) is 3.53. The van der Waals surface area contributed by atoms with Crippen molar-refractivity contribution < 1.29 is 13.7 Å². The van der Waals surface area contributed by atoms with Gasteiger partial charge >= 0.3 is 0 Å². The van der Waals surface area contributed by atoms with Crippen LogP contribution < -0.4 is 0 Å². The maximum atomic E-state index is 13.2. The minimum absolute atomic E-state index is 0.159. The molecule has 2 rings (SSSR count). The Morgan fingerprint density at radius 1 is 1.17 bits per heavy atom. The van der Waals surface area contributed by atoms with Gasteiger partial charge in [0.25, 0.3) is 5.69 Å². The molecule has 0 N–H and O–H groups in total. The van der Waals surface area contributed by atoms with Crippen LogP contribution in [0.1, 0.15) is 0 Å². The molecule has 92 valence electrons. The maximum absolute atomic E-state index is 13.2. The molecular formula is C12H6ClF2NO2. The number of nitro groups is 1. The van der Waals surface area contributed by atoms with Gasteiger partial charge in [0.1, 0.15) is 0 Å². The summed E-state index contributed by atoms with van der Waals surface area (Å²) in [7, 11) is 0. The van der Waals surface area contributed by atoms with Crippen LogP contribution in [0.2, 0.25) is 5.02 Å². The van der Waals surface area contributed by atoms with Crippen molar-refractivity contribution in [2.24, 2.45) is 0 Å². The highest BCUT2D eigenvalue weighted by atomic mass is 35.5. The lowest BCUT2D eigenvalue weighted by molar-refractivity contribution is -0.384. The summed E-state index contributed by atoms with van der Waals surface area (Å²) >= 11 is 5.52. The molecule has 2 aromatic carbocycles. The largest absolute Gasteiger partial charge is 0.277 e. The molecule has 0 heterocycles. The summed E-state index contributed by atoms with van der Waals surface area (Å²) < 4.78 is 26.3. The van der Waals surface area contributed by atoms with Crippen LogP contribution in [0.25, 0.3) is 11.1 Å². The Morgan fingerprint density at radius 2 is 1.83 bits per heavy atom. The third-order valence-electron chi connectivity index (χ3n) is 2.40. The topological polar surface area (TPSA) is 43.1 Å². The van der Waals surface area contributed by atoms with Crippen LogP contribution in [0.4, 0.5) is 14.5 Å². The van der Waals surface area contributed by atoms with Gasteiger partial charge in [-0.15, -0.1) is 0 Å². The number of para-hydroxylation sites is 1. The Bertz CT molecular complexity index is 608. The average Bonchev–Trinajstić information content (AvgIpc) is 2.35. The summed E-state index contributed by atoms with van der Waals surface area (Å²) in [5, 5.41) is 10.4. The number of nitro benzene ring substituents is 1. The van der Waals surface area contributed by atoms with E-state index in [-0.39, 0.29) is 16.8 Å². The fraction of sp³-hybridized carbons (Fsp3) is 0. The van der Waals surface area contributed by atoms with Crippen LogP contribution in [0.5, 0.6) is 0 Å². The van der Waals surface area contributed by atoms with E-state index in [4.69, 9.17) is 11.6 Å². The SMILES string of the molecule is O=[N+]([O-])c1ccccc1-c1cc(F)c(F)c(Cl)c1. The molecule has 0 atom stereocenters. The lowest BCUT2D eigenvalue weighted by Crippen LogP contribution is -1.93. The molecule has 6 heteroatoms. The number of benzene rings is 2. The Hall–Kier alpha value is -2.01. The monoisotopic (exact) mass is 269 g/mol. The Balaban J connectivity index is 2.66. The minimum Gasteiger partial charge on any atom is -0.258 e. The van der Waals surface area contributed by atoms with Gasteiger partial charge < -0.3 is 0 Å². The molecule has 0 radical (unpaired) electrons. The van der Waals surface area contributed by atoms with Crippen LogP contribution in [0.3, 0.4) is 0 Å². The molecule has 0 aliphatic heterocycles. The number of halogens is 3. The van der Waals surface area contributed by atoms with Crippen molar-refractivity contribution >= 4 is 17.3 Å². The van der Waals surface area contributed by atoms with E-state index in [1.54, 1.807) is 6.07 Å². The van der Waals surface area contributed by atoms with E-state index in [9.17, 15) is 18.9 Å². The third-order valence-corrected chi connectivity index (χ3v) is 2.67. The normalized spacial score (nSPS) is 10.4. The Kier molecular flexibility index (Phi) is 3.25. The molecule has 0 fully saturated rings.